The van der Waals surface area contributed by atoms with Gasteiger partial charge in [-0.15, -0.1) is 0 Å². The van der Waals surface area contributed by atoms with Crippen molar-refractivity contribution in [2.24, 2.45) is 5.73 Å². The van der Waals surface area contributed by atoms with Crippen LogP contribution in [0.25, 0.3) is 0 Å². The summed E-state index contributed by atoms with van der Waals surface area (Å²) in [6.45, 7) is 8.40. The van der Waals surface area contributed by atoms with Gasteiger partial charge >= 0.3 is 0 Å². The molecule has 1 unspecified atom stereocenters. The Morgan fingerprint density at radius 3 is 1.42 bits per heavy atom. The van der Waals surface area contributed by atoms with Gasteiger partial charge in [-0.2, -0.15) is 0 Å². The molecule has 0 radical (unpaired) electrons. The maximum Gasteiger partial charge on any atom is 0.168 e. The molecule has 1 aliphatic rings. The molecule has 1 rings (SSSR count). The maximum atomic E-state index is 6.82. The maximum absolute atomic E-state index is 6.82. The van der Waals surface area contributed by atoms with E-state index in [0.717, 1.165) is 58.2 Å². The van der Waals surface area contributed by atoms with Crippen LogP contribution < -0.4 is 5.73 Å². The predicted molar refractivity (Wildman–Crippen MR) is 231 cm³/mol. The van der Waals surface area contributed by atoms with E-state index in [0.29, 0.717) is 0 Å². The molecule has 0 aromatic heterocycles. The first-order valence-electron chi connectivity index (χ1n) is 23.0. The van der Waals surface area contributed by atoms with Gasteiger partial charge in [0.15, 0.2) is 5.79 Å². The third-order valence-electron chi connectivity index (χ3n) is 10.8. The molecular weight excluding hydrogens is 637 g/mol. The molecule has 1 heterocycles. The van der Waals surface area contributed by atoms with Gasteiger partial charge in [0.05, 0.1) is 12.7 Å². The molecule has 4 nitrogen and oxygen atoms in total. The van der Waals surface area contributed by atoms with Gasteiger partial charge in [-0.25, -0.2) is 0 Å². The van der Waals surface area contributed by atoms with E-state index in [4.69, 9.17) is 15.2 Å². The van der Waals surface area contributed by atoms with E-state index in [-0.39, 0.29) is 11.9 Å². The Kier molecular flexibility index (Phi) is 35.8. The minimum atomic E-state index is -0.337. The van der Waals surface area contributed by atoms with Crippen LogP contribution in [0, 0.1) is 0 Å². The third-order valence-corrected chi connectivity index (χ3v) is 10.8. The smallest absolute Gasteiger partial charge is 0.168 e. The number of rotatable bonds is 39. The van der Waals surface area contributed by atoms with Gasteiger partial charge < -0.3 is 20.1 Å². The second-order valence-corrected chi connectivity index (χ2v) is 15.9. The van der Waals surface area contributed by atoms with Crippen molar-refractivity contribution in [1.82, 2.24) is 4.90 Å². The molecule has 0 aromatic rings. The highest BCUT2D eigenvalue weighted by Crippen LogP contribution is 2.35. The Morgan fingerprint density at radius 1 is 0.519 bits per heavy atom. The van der Waals surface area contributed by atoms with Gasteiger partial charge in [0.2, 0.25) is 0 Å². The second-order valence-electron chi connectivity index (χ2n) is 15.9. The quantitative estimate of drug-likeness (QED) is 0.0506. The van der Waals surface area contributed by atoms with Crippen molar-refractivity contribution in [3.63, 3.8) is 0 Å². The van der Waals surface area contributed by atoms with Crippen molar-refractivity contribution in [2.75, 3.05) is 33.3 Å². The number of ether oxygens (including phenoxy) is 2. The van der Waals surface area contributed by atoms with Gasteiger partial charge in [0.25, 0.3) is 0 Å². The molecule has 0 amide bonds. The highest BCUT2D eigenvalue weighted by atomic mass is 16.7. The summed E-state index contributed by atoms with van der Waals surface area (Å²) in [7, 11) is 2.26. The molecule has 304 valence electrons. The van der Waals surface area contributed by atoms with Crippen molar-refractivity contribution >= 4 is 0 Å². The van der Waals surface area contributed by atoms with Crippen molar-refractivity contribution in [2.45, 2.75) is 225 Å². The van der Waals surface area contributed by atoms with E-state index >= 15 is 0 Å². The van der Waals surface area contributed by atoms with Crippen molar-refractivity contribution in [3.8, 4) is 0 Å². The van der Waals surface area contributed by atoms with Gasteiger partial charge in [0, 0.05) is 19.4 Å². The number of hydrogen-bond acceptors (Lipinski definition) is 4. The Morgan fingerprint density at radius 2 is 0.942 bits per heavy atom. The number of allylic oxidation sites excluding steroid dienone is 8. The fourth-order valence-corrected chi connectivity index (χ4v) is 7.27. The predicted octanol–water partition coefficient (Wildman–Crippen LogP) is 14.3. The summed E-state index contributed by atoms with van der Waals surface area (Å²) in [5, 5.41) is 0. The molecule has 2 N–H and O–H groups in total. The van der Waals surface area contributed by atoms with Crippen molar-refractivity contribution in [1.29, 1.82) is 0 Å². The molecule has 0 aliphatic carbocycles. The van der Waals surface area contributed by atoms with E-state index in [1.807, 2.05) is 0 Å². The van der Waals surface area contributed by atoms with Crippen LogP contribution in [0.5, 0.6) is 0 Å². The Labute approximate surface area is 325 Å². The highest BCUT2D eigenvalue weighted by Gasteiger charge is 2.40. The Bertz CT molecular complexity index is 801. The lowest BCUT2D eigenvalue weighted by Crippen LogP contribution is -2.32. The number of nitrogens with zero attached hydrogens (tertiary/aromatic N) is 1. The second kappa shape index (κ2) is 38.1. The van der Waals surface area contributed by atoms with Crippen LogP contribution in [0.3, 0.4) is 0 Å². The van der Waals surface area contributed by atoms with E-state index in [9.17, 15) is 0 Å². The largest absolute Gasteiger partial charge is 0.347 e. The molecule has 52 heavy (non-hydrogen) atoms. The first-order valence-corrected chi connectivity index (χ1v) is 23.0. The highest BCUT2D eigenvalue weighted by molar-refractivity contribution is 4.93. The van der Waals surface area contributed by atoms with Crippen LogP contribution in [-0.4, -0.2) is 50.1 Å². The summed E-state index contributed by atoms with van der Waals surface area (Å²) in [4.78, 5) is 2.48. The van der Waals surface area contributed by atoms with Crippen LogP contribution in [0.4, 0.5) is 0 Å². The molecule has 4 heteroatoms. The fourth-order valence-electron chi connectivity index (χ4n) is 7.27. The van der Waals surface area contributed by atoms with Crippen LogP contribution >= 0.6 is 0 Å². The number of hydrogen-bond donors (Lipinski definition) is 1. The van der Waals surface area contributed by atoms with Gasteiger partial charge in [-0.1, -0.05) is 152 Å². The zero-order chi connectivity index (χ0) is 37.5. The van der Waals surface area contributed by atoms with Gasteiger partial charge in [-0.3, -0.25) is 0 Å². The summed E-state index contributed by atoms with van der Waals surface area (Å²) in [5.74, 6) is -0.337. The molecule has 1 fully saturated rings. The van der Waals surface area contributed by atoms with Crippen molar-refractivity contribution < 1.29 is 9.47 Å². The Hall–Kier alpha value is -1.20. The van der Waals surface area contributed by atoms with E-state index in [1.165, 1.54) is 167 Å². The lowest BCUT2D eigenvalue weighted by Gasteiger charge is -2.29. The SMILES string of the molecule is CCCCC/C=C\C/C=C\CCCCCCCCC1(CCCCCCCC/C=C\C/C=C\CCCCC)OCC(CCN(C)CCCCCCN)O1. The first kappa shape index (κ1) is 48.8. The third kappa shape index (κ3) is 31.2. The fraction of sp³-hybridized carbons (Fsp3) is 0.833. The number of nitrogens with two attached hydrogens (primary N) is 1. The normalized spacial score (nSPS) is 16.4. The van der Waals surface area contributed by atoms with Crippen LogP contribution in [0.15, 0.2) is 48.6 Å². The van der Waals surface area contributed by atoms with Crippen LogP contribution in [0.1, 0.15) is 213 Å². The summed E-state index contributed by atoms with van der Waals surface area (Å²) in [6, 6.07) is 0. The molecule has 0 bridgehead atoms. The minimum Gasteiger partial charge on any atom is -0.347 e. The molecular formula is C48H90N2O2. The molecule has 0 aromatic carbocycles. The summed E-state index contributed by atoms with van der Waals surface area (Å²) in [6.07, 6.45) is 58.2. The van der Waals surface area contributed by atoms with Crippen molar-refractivity contribution in [3.05, 3.63) is 48.6 Å². The van der Waals surface area contributed by atoms with Crippen LogP contribution in [-0.2, 0) is 9.47 Å². The standard InChI is InChI=1S/C48H90N2O2/c1-4-6-8-10-12-14-16-18-20-22-24-26-28-30-32-36-41-48(51-46-47(52-48)40-45-50(3)44-39-35-34-38-43-49)42-37-33-31-29-27-25-23-21-19-17-15-13-11-9-7-5-2/h12-15,18-21,47H,4-11,16-17,22-46,49H2,1-3H3/b14-12-,15-13-,20-18-,21-19-. The van der Waals surface area contributed by atoms with E-state index in [2.05, 4.69) is 74.4 Å². The van der Waals surface area contributed by atoms with Gasteiger partial charge in [-0.05, 0) is 116 Å². The zero-order valence-corrected chi connectivity index (χ0v) is 35.3. The van der Waals surface area contributed by atoms with Crippen LogP contribution in [0.2, 0.25) is 0 Å². The summed E-state index contributed by atoms with van der Waals surface area (Å²) >= 11 is 0. The Balaban J connectivity index is 2.30. The average Bonchev–Trinajstić information content (AvgIpc) is 3.56. The topological polar surface area (TPSA) is 47.7 Å². The summed E-state index contributed by atoms with van der Waals surface area (Å²) in [5.41, 5.74) is 5.66. The average molecular weight is 727 g/mol. The number of unbranched alkanes of at least 4 members (excludes halogenated alkanes) is 21. The summed E-state index contributed by atoms with van der Waals surface area (Å²) < 4.78 is 13.4. The molecule has 0 spiro atoms. The van der Waals surface area contributed by atoms with E-state index in [1.54, 1.807) is 0 Å². The van der Waals surface area contributed by atoms with Gasteiger partial charge in [0.1, 0.15) is 0 Å². The minimum absolute atomic E-state index is 0.244. The zero-order valence-electron chi connectivity index (χ0n) is 35.3. The molecule has 1 saturated heterocycles. The first-order chi connectivity index (χ1) is 25.7. The molecule has 0 saturated carbocycles. The lowest BCUT2D eigenvalue weighted by atomic mass is 9.98. The monoisotopic (exact) mass is 727 g/mol. The molecule has 1 atom stereocenters. The molecule has 1 aliphatic heterocycles. The van der Waals surface area contributed by atoms with E-state index < -0.39 is 0 Å². The lowest BCUT2D eigenvalue weighted by molar-refractivity contribution is -0.180.